The molecule has 0 unspecified atom stereocenters. The normalized spacial score (nSPS) is 15.0. The molecule has 2 aromatic carbocycles. The number of carbonyl (C=O) groups excluding carboxylic acids is 2. The predicted molar refractivity (Wildman–Crippen MR) is 109 cm³/mol. The van der Waals surface area contributed by atoms with Crippen molar-refractivity contribution in [3.63, 3.8) is 0 Å². The lowest BCUT2D eigenvalue weighted by molar-refractivity contribution is -0.136. The number of amides is 1. The summed E-state index contributed by atoms with van der Waals surface area (Å²) in [5.41, 5.74) is 2.29. The molecule has 2 aromatic rings. The smallest absolute Gasteiger partial charge is 0.230 e. The number of ether oxygens (including phenoxy) is 1. The minimum absolute atomic E-state index is 0.0128. The van der Waals surface area contributed by atoms with Gasteiger partial charge in [-0.3, -0.25) is 14.5 Å². The van der Waals surface area contributed by atoms with E-state index in [0.29, 0.717) is 19.7 Å². The fraction of sp³-hybridized carbons (Fsp3) is 0.391. The molecule has 0 radical (unpaired) electrons. The second-order valence-corrected chi connectivity index (χ2v) is 7.17. The molecule has 1 aliphatic heterocycles. The van der Waals surface area contributed by atoms with Gasteiger partial charge >= 0.3 is 0 Å². The fourth-order valence-electron chi connectivity index (χ4n) is 3.49. The van der Waals surface area contributed by atoms with E-state index in [0.717, 1.165) is 30.8 Å². The first-order valence-corrected chi connectivity index (χ1v) is 9.84. The number of ketones is 1. The third-order valence-corrected chi connectivity index (χ3v) is 5.02. The molecular weight excluding hydrogens is 352 g/mol. The Morgan fingerprint density at radius 1 is 0.893 bits per heavy atom. The lowest BCUT2D eigenvalue weighted by Crippen LogP contribution is -2.49. The zero-order valence-electron chi connectivity index (χ0n) is 16.4. The highest BCUT2D eigenvalue weighted by molar-refractivity contribution is 5.96. The van der Waals surface area contributed by atoms with E-state index in [1.54, 1.807) is 4.90 Å². The number of benzene rings is 2. The molecule has 5 heteroatoms. The summed E-state index contributed by atoms with van der Waals surface area (Å²) in [4.78, 5) is 27.2. The van der Waals surface area contributed by atoms with Crippen molar-refractivity contribution < 1.29 is 14.3 Å². The van der Waals surface area contributed by atoms with Crippen LogP contribution in [0.3, 0.4) is 0 Å². The topological polar surface area (TPSA) is 49.9 Å². The summed E-state index contributed by atoms with van der Waals surface area (Å²) in [5, 5.41) is 0. The molecule has 148 valence electrons. The predicted octanol–water partition coefficient (Wildman–Crippen LogP) is 2.92. The van der Waals surface area contributed by atoms with Crippen LogP contribution in [0.5, 0.6) is 0 Å². The summed E-state index contributed by atoms with van der Waals surface area (Å²) >= 11 is 0. The van der Waals surface area contributed by atoms with E-state index in [2.05, 4.69) is 29.2 Å². The number of Topliss-reactive ketones (excluding diaryl/α,β-unsaturated/α-hetero) is 1. The van der Waals surface area contributed by atoms with Crippen molar-refractivity contribution in [2.75, 3.05) is 39.3 Å². The third kappa shape index (κ3) is 5.75. The maximum absolute atomic E-state index is 12.0. The Bertz CT molecular complexity index is 716. The molecule has 0 aliphatic carbocycles. The number of hydrogen-bond acceptors (Lipinski definition) is 4. The monoisotopic (exact) mass is 380 g/mol. The molecular formula is C23H28N2O3. The van der Waals surface area contributed by atoms with E-state index < -0.39 is 0 Å². The van der Waals surface area contributed by atoms with Crippen molar-refractivity contribution in [3.8, 4) is 0 Å². The molecule has 5 nitrogen and oxygen atoms in total. The van der Waals surface area contributed by atoms with Crippen LogP contribution in [0.4, 0.5) is 0 Å². The van der Waals surface area contributed by atoms with Crippen LogP contribution in [0, 0.1) is 0 Å². The number of hydrogen-bond donors (Lipinski definition) is 0. The molecule has 0 spiro atoms. The highest BCUT2D eigenvalue weighted by Gasteiger charge is 2.22. The van der Waals surface area contributed by atoms with Gasteiger partial charge in [-0.05, 0) is 18.1 Å². The van der Waals surface area contributed by atoms with Gasteiger partial charge in [0.25, 0.3) is 0 Å². The van der Waals surface area contributed by atoms with E-state index in [1.807, 2.05) is 36.4 Å². The second-order valence-electron chi connectivity index (χ2n) is 7.17. The Morgan fingerprint density at radius 2 is 1.43 bits per heavy atom. The SMILES string of the molecule is CC(=O)CC(=O)N1CCN(CCOC(c2ccccc2)c2ccccc2)CC1. The highest BCUT2D eigenvalue weighted by atomic mass is 16.5. The van der Waals surface area contributed by atoms with E-state index in [4.69, 9.17) is 4.74 Å². The van der Waals surface area contributed by atoms with E-state index in [9.17, 15) is 9.59 Å². The Labute approximate surface area is 166 Å². The van der Waals surface area contributed by atoms with Crippen LogP contribution in [0.15, 0.2) is 60.7 Å². The van der Waals surface area contributed by atoms with Gasteiger partial charge in [0.1, 0.15) is 11.9 Å². The summed E-state index contributed by atoms with van der Waals surface area (Å²) in [5.74, 6) is -0.134. The molecule has 1 fully saturated rings. The zero-order chi connectivity index (χ0) is 19.8. The van der Waals surface area contributed by atoms with Crippen molar-refractivity contribution in [3.05, 3.63) is 71.8 Å². The molecule has 1 heterocycles. The van der Waals surface area contributed by atoms with Crippen LogP contribution in [0.25, 0.3) is 0 Å². The van der Waals surface area contributed by atoms with Crippen molar-refractivity contribution in [2.45, 2.75) is 19.4 Å². The van der Waals surface area contributed by atoms with Crippen LogP contribution in [-0.2, 0) is 14.3 Å². The first kappa shape index (κ1) is 20.2. The lowest BCUT2D eigenvalue weighted by Gasteiger charge is -2.34. The van der Waals surface area contributed by atoms with E-state index in [-0.39, 0.29) is 24.2 Å². The second kappa shape index (κ2) is 10.2. The summed E-state index contributed by atoms with van der Waals surface area (Å²) < 4.78 is 6.28. The van der Waals surface area contributed by atoms with Crippen LogP contribution in [0.1, 0.15) is 30.6 Å². The summed E-state index contributed by atoms with van der Waals surface area (Å²) in [6.45, 7) is 5.88. The molecule has 1 amide bonds. The largest absolute Gasteiger partial charge is 0.367 e. The average molecular weight is 380 g/mol. The van der Waals surface area contributed by atoms with Crippen LogP contribution >= 0.6 is 0 Å². The molecule has 1 saturated heterocycles. The molecule has 0 N–H and O–H groups in total. The molecule has 28 heavy (non-hydrogen) atoms. The molecule has 0 aromatic heterocycles. The number of rotatable bonds is 8. The Balaban J connectivity index is 1.50. The maximum Gasteiger partial charge on any atom is 0.230 e. The minimum atomic E-state index is -0.0826. The third-order valence-electron chi connectivity index (χ3n) is 5.02. The molecule has 3 rings (SSSR count). The summed E-state index contributed by atoms with van der Waals surface area (Å²) in [7, 11) is 0. The van der Waals surface area contributed by atoms with Gasteiger partial charge in [-0.2, -0.15) is 0 Å². The van der Waals surface area contributed by atoms with Gasteiger partial charge < -0.3 is 9.64 Å². The van der Waals surface area contributed by atoms with Gasteiger partial charge in [0.2, 0.25) is 5.91 Å². The van der Waals surface area contributed by atoms with Gasteiger partial charge in [0, 0.05) is 32.7 Å². The maximum atomic E-state index is 12.0. The molecule has 0 saturated carbocycles. The number of carbonyl (C=O) groups is 2. The minimum Gasteiger partial charge on any atom is -0.367 e. The van der Waals surface area contributed by atoms with Gasteiger partial charge in [0.05, 0.1) is 13.0 Å². The first-order chi connectivity index (χ1) is 13.6. The Hall–Kier alpha value is -2.50. The van der Waals surface area contributed by atoms with Crippen LogP contribution in [0.2, 0.25) is 0 Å². The number of piperazine rings is 1. The van der Waals surface area contributed by atoms with E-state index >= 15 is 0 Å². The standard InChI is InChI=1S/C23H28N2O3/c1-19(26)18-22(27)25-14-12-24(13-15-25)16-17-28-23(20-8-4-2-5-9-20)21-10-6-3-7-11-21/h2-11,23H,12-18H2,1H3. The molecule has 0 atom stereocenters. The fourth-order valence-corrected chi connectivity index (χ4v) is 3.49. The van der Waals surface area contributed by atoms with Crippen LogP contribution < -0.4 is 0 Å². The first-order valence-electron chi connectivity index (χ1n) is 9.84. The van der Waals surface area contributed by atoms with Gasteiger partial charge in [-0.15, -0.1) is 0 Å². The highest BCUT2D eigenvalue weighted by Crippen LogP contribution is 2.25. The number of nitrogens with zero attached hydrogens (tertiary/aromatic N) is 2. The zero-order valence-corrected chi connectivity index (χ0v) is 16.4. The van der Waals surface area contributed by atoms with Gasteiger partial charge in [-0.25, -0.2) is 0 Å². The Morgan fingerprint density at radius 3 is 1.93 bits per heavy atom. The van der Waals surface area contributed by atoms with Crippen molar-refractivity contribution in [1.82, 2.24) is 9.80 Å². The average Bonchev–Trinajstić information content (AvgIpc) is 2.72. The van der Waals surface area contributed by atoms with Gasteiger partial charge in [0.15, 0.2) is 0 Å². The van der Waals surface area contributed by atoms with Crippen molar-refractivity contribution >= 4 is 11.7 Å². The van der Waals surface area contributed by atoms with Crippen LogP contribution in [-0.4, -0.2) is 60.8 Å². The van der Waals surface area contributed by atoms with E-state index in [1.165, 1.54) is 6.92 Å². The van der Waals surface area contributed by atoms with Crippen molar-refractivity contribution in [2.24, 2.45) is 0 Å². The van der Waals surface area contributed by atoms with Crippen molar-refractivity contribution in [1.29, 1.82) is 0 Å². The summed E-state index contributed by atoms with van der Waals surface area (Å²) in [6, 6.07) is 20.5. The van der Waals surface area contributed by atoms with Gasteiger partial charge in [-0.1, -0.05) is 60.7 Å². The summed E-state index contributed by atoms with van der Waals surface area (Å²) in [6.07, 6.45) is -0.0697. The lowest BCUT2D eigenvalue weighted by atomic mass is 10.0. The molecule has 0 bridgehead atoms. The quantitative estimate of drug-likeness (QED) is 0.661. The Kier molecular flexibility index (Phi) is 7.34. The molecule has 1 aliphatic rings.